The Hall–Kier alpha value is -1.94. The minimum atomic E-state index is -0.887. The van der Waals surface area contributed by atoms with Gasteiger partial charge in [-0.1, -0.05) is 42.5 Å². The summed E-state index contributed by atoms with van der Waals surface area (Å²) in [4.78, 5) is 22.5. The second-order valence-electron chi connectivity index (χ2n) is 4.06. The molecule has 1 aromatic rings. The van der Waals surface area contributed by atoms with Gasteiger partial charge < -0.3 is 9.84 Å². The van der Waals surface area contributed by atoms with Crippen LogP contribution in [0, 0.1) is 0 Å². The van der Waals surface area contributed by atoms with Crippen molar-refractivity contribution in [2.24, 2.45) is 0 Å². The van der Waals surface area contributed by atoms with Gasteiger partial charge in [-0.25, -0.2) is 0 Å². The van der Waals surface area contributed by atoms with Crippen molar-refractivity contribution in [3.05, 3.63) is 42.0 Å². The van der Waals surface area contributed by atoms with Gasteiger partial charge in [-0.3, -0.25) is 9.59 Å². The van der Waals surface area contributed by atoms with Crippen molar-refractivity contribution in [1.29, 1.82) is 0 Å². The number of esters is 1. The molecule has 4 nitrogen and oxygen atoms in total. The van der Waals surface area contributed by atoms with Gasteiger partial charge in [0.1, 0.15) is 12.2 Å². The molecule has 0 saturated carbocycles. The number of hydrogen-bond acceptors (Lipinski definition) is 4. The van der Waals surface area contributed by atoms with Gasteiger partial charge in [-0.15, -0.1) is 0 Å². The number of Topliss-reactive ketones (excluding diaryl/α,β-unsaturated/α-hetero) is 1. The summed E-state index contributed by atoms with van der Waals surface area (Å²) in [5.74, 6) is -0.879. The molecule has 0 bridgehead atoms. The molecule has 1 unspecified atom stereocenters. The van der Waals surface area contributed by atoms with E-state index in [1.54, 1.807) is 19.1 Å². The smallest absolute Gasteiger partial charge is 0.313 e. The Morgan fingerprint density at radius 3 is 2.63 bits per heavy atom. The van der Waals surface area contributed by atoms with Crippen LogP contribution in [0.25, 0.3) is 6.08 Å². The van der Waals surface area contributed by atoms with E-state index < -0.39 is 12.1 Å². The summed E-state index contributed by atoms with van der Waals surface area (Å²) >= 11 is 0. The number of carbonyl (C=O) groups excluding carboxylic acids is 2. The van der Waals surface area contributed by atoms with Crippen LogP contribution in [0.3, 0.4) is 0 Å². The molecule has 0 spiro atoms. The maximum atomic E-state index is 11.5. The summed E-state index contributed by atoms with van der Waals surface area (Å²) in [6.45, 7) is 1.93. The van der Waals surface area contributed by atoms with Gasteiger partial charge in [0.2, 0.25) is 0 Å². The predicted octanol–water partition coefficient (Wildman–Crippen LogP) is 1.97. The molecule has 102 valence electrons. The van der Waals surface area contributed by atoms with Crippen LogP contribution < -0.4 is 0 Å². The Morgan fingerprint density at radius 1 is 1.32 bits per heavy atom. The molecule has 19 heavy (non-hydrogen) atoms. The fourth-order valence-corrected chi connectivity index (χ4v) is 1.53. The molecule has 4 heteroatoms. The molecule has 1 atom stereocenters. The van der Waals surface area contributed by atoms with Crippen molar-refractivity contribution in [2.45, 2.75) is 25.9 Å². The molecule has 0 aliphatic carbocycles. The highest BCUT2D eigenvalue weighted by Crippen LogP contribution is 2.05. The summed E-state index contributed by atoms with van der Waals surface area (Å²) in [7, 11) is 0. The first-order valence-electron chi connectivity index (χ1n) is 6.20. The van der Waals surface area contributed by atoms with Gasteiger partial charge >= 0.3 is 5.97 Å². The lowest BCUT2D eigenvalue weighted by atomic mass is 10.1. The minimum absolute atomic E-state index is 0.0812. The molecular weight excluding hydrogens is 244 g/mol. The van der Waals surface area contributed by atoms with Gasteiger partial charge in [0.15, 0.2) is 0 Å². The molecule has 0 aromatic heterocycles. The third-order valence-electron chi connectivity index (χ3n) is 2.39. The predicted molar refractivity (Wildman–Crippen MR) is 72.4 cm³/mol. The van der Waals surface area contributed by atoms with Crippen LogP contribution in [0.2, 0.25) is 0 Å². The summed E-state index contributed by atoms with van der Waals surface area (Å²) < 4.78 is 4.66. The summed E-state index contributed by atoms with van der Waals surface area (Å²) in [5.41, 5.74) is 0.944. The lowest BCUT2D eigenvalue weighted by Gasteiger charge is -2.04. The van der Waals surface area contributed by atoms with E-state index in [2.05, 4.69) is 4.74 Å². The van der Waals surface area contributed by atoms with Crippen molar-refractivity contribution in [1.82, 2.24) is 0 Å². The molecule has 0 aliphatic heterocycles. The molecule has 0 fully saturated rings. The Kier molecular flexibility index (Phi) is 6.53. The normalized spacial score (nSPS) is 12.3. The minimum Gasteiger partial charge on any atom is -0.466 e. The largest absolute Gasteiger partial charge is 0.466 e. The summed E-state index contributed by atoms with van der Waals surface area (Å²) in [6.07, 6.45) is 2.02. The van der Waals surface area contributed by atoms with Crippen LogP contribution in [0.1, 0.15) is 25.3 Å². The quantitative estimate of drug-likeness (QED) is 0.603. The second-order valence-corrected chi connectivity index (χ2v) is 4.06. The molecule has 0 radical (unpaired) electrons. The highest BCUT2D eigenvalue weighted by molar-refractivity contribution is 5.95. The number of carbonyl (C=O) groups is 2. The van der Waals surface area contributed by atoms with Crippen LogP contribution in [-0.2, 0) is 14.3 Å². The van der Waals surface area contributed by atoms with Crippen LogP contribution in [0.5, 0.6) is 0 Å². The molecule has 0 aliphatic rings. The zero-order valence-electron chi connectivity index (χ0n) is 10.9. The van der Waals surface area contributed by atoms with Crippen LogP contribution in [-0.4, -0.2) is 29.6 Å². The molecule has 1 aromatic carbocycles. The van der Waals surface area contributed by atoms with Gasteiger partial charge in [0.05, 0.1) is 12.7 Å². The lowest BCUT2D eigenvalue weighted by Crippen LogP contribution is -2.16. The number of aliphatic hydroxyl groups excluding tert-OH is 1. The van der Waals surface area contributed by atoms with Crippen molar-refractivity contribution in [3.8, 4) is 0 Å². The fraction of sp³-hybridized carbons (Fsp3) is 0.333. The maximum absolute atomic E-state index is 11.5. The van der Waals surface area contributed by atoms with Crippen molar-refractivity contribution in [3.63, 3.8) is 0 Å². The van der Waals surface area contributed by atoms with E-state index in [9.17, 15) is 14.7 Å². The number of benzene rings is 1. The molecular formula is C15H18O4. The van der Waals surface area contributed by atoms with E-state index in [-0.39, 0.29) is 25.2 Å². The van der Waals surface area contributed by atoms with Crippen molar-refractivity contribution in [2.75, 3.05) is 6.61 Å². The third kappa shape index (κ3) is 6.52. The van der Waals surface area contributed by atoms with Gasteiger partial charge in [0, 0.05) is 6.42 Å². The van der Waals surface area contributed by atoms with E-state index >= 15 is 0 Å². The Balaban J connectivity index is 2.38. The summed E-state index contributed by atoms with van der Waals surface area (Å²) in [5, 5.41) is 9.66. The SMILES string of the molecule is CCOC(=O)CC(=O)CC(O)/C=C/c1ccccc1. The van der Waals surface area contributed by atoms with Gasteiger partial charge in [0.25, 0.3) is 0 Å². The standard InChI is InChI=1S/C15H18O4/c1-2-19-15(18)11-14(17)10-13(16)9-8-12-6-4-3-5-7-12/h3-9,13,16H,2,10-11H2,1H3/b9-8+. The number of ketones is 1. The highest BCUT2D eigenvalue weighted by Gasteiger charge is 2.13. The van der Waals surface area contributed by atoms with E-state index in [0.717, 1.165) is 5.56 Å². The summed E-state index contributed by atoms with van der Waals surface area (Å²) in [6, 6.07) is 9.46. The molecule has 0 saturated heterocycles. The van der Waals surface area contributed by atoms with E-state index in [1.165, 1.54) is 0 Å². The zero-order chi connectivity index (χ0) is 14.1. The second kappa shape index (κ2) is 8.21. The molecule has 0 heterocycles. The first kappa shape index (κ1) is 15.1. The van der Waals surface area contributed by atoms with E-state index in [1.807, 2.05) is 30.3 Å². The molecule has 1 N–H and O–H groups in total. The average molecular weight is 262 g/mol. The number of hydrogen-bond donors (Lipinski definition) is 1. The van der Waals surface area contributed by atoms with Gasteiger partial charge in [-0.05, 0) is 12.5 Å². The Morgan fingerprint density at radius 2 is 2.00 bits per heavy atom. The zero-order valence-corrected chi connectivity index (χ0v) is 10.9. The highest BCUT2D eigenvalue weighted by atomic mass is 16.5. The van der Waals surface area contributed by atoms with Crippen LogP contribution >= 0.6 is 0 Å². The van der Waals surface area contributed by atoms with Crippen molar-refractivity contribution >= 4 is 17.8 Å². The van der Waals surface area contributed by atoms with E-state index in [4.69, 9.17) is 0 Å². The topological polar surface area (TPSA) is 63.6 Å². The van der Waals surface area contributed by atoms with Gasteiger partial charge in [-0.2, -0.15) is 0 Å². The molecule has 1 rings (SSSR count). The third-order valence-corrected chi connectivity index (χ3v) is 2.39. The van der Waals surface area contributed by atoms with Crippen molar-refractivity contribution < 1.29 is 19.4 Å². The number of ether oxygens (including phenoxy) is 1. The number of aliphatic hydroxyl groups is 1. The Labute approximate surface area is 112 Å². The Bertz CT molecular complexity index is 437. The maximum Gasteiger partial charge on any atom is 0.313 e. The first-order chi connectivity index (χ1) is 9.11. The fourth-order valence-electron chi connectivity index (χ4n) is 1.53. The van der Waals surface area contributed by atoms with Crippen LogP contribution in [0.4, 0.5) is 0 Å². The first-order valence-corrected chi connectivity index (χ1v) is 6.20. The lowest BCUT2D eigenvalue weighted by molar-refractivity contribution is -0.145. The number of rotatable bonds is 7. The molecule has 0 amide bonds. The van der Waals surface area contributed by atoms with Crippen LogP contribution in [0.15, 0.2) is 36.4 Å². The monoisotopic (exact) mass is 262 g/mol. The average Bonchev–Trinajstić information content (AvgIpc) is 2.37. The van der Waals surface area contributed by atoms with E-state index in [0.29, 0.717) is 0 Å².